The number of aromatic nitrogens is 3. The molecular formula is C25H25N5O5S. The summed E-state index contributed by atoms with van der Waals surface area (Å²) < 4.78 is 8.15. The molecule has 0 unspecified atom stereocenters. The number of aliphatic hydroxyl groups excluding tert-OH is 1. The number of urea groups is 1. The van der Waals surface area contributed by atoms with Crippen LogP contribution in [-0.2, 0) is 4.74 Å². The Balaban J connectivity index is 1.17. The second kappa shape index (κ2) is 9.69. The molecule has 1 aliphatic rings. The summed E-state index contributed by atoms with van der Waals surface area (Å²) in [6.45, 7) is 3.68. The molecule has 0 aliphatic carbocycles. The summed E-state index contributed by atoms with van der Waals surface area (Å²) in [6, 6.07) is 13.1. The summed E-state index contributed by atoms with van der Waals surface area (Å²) in [5.74, 6) is 0. The standard InChI is InChI=1S/C25H25N5O5S/c1-13-3-8-17-20(9-13)36-23(28-17)15-4-6-16(7-5-15)27-24(33)26-11-19-18(31)10-21(35-19)30-12-14(2)22(32)29-25(30)34/h3-9,12,18-19,21,31H,10-11H2,1-2H3,(H2,26,27,33)(H,29,32,34)/t18-,19+,21-/m0/s1. The van der Waals surface area contributed by atoms with Crippen molar-refractivity contribution < 1.29 is 14.6 Å². The van der Waals surface area contributed by atoms with Gasteiger partial charge < -0.3 is 20.5 Å². The van der Waals surface area contributed by atoms with Gasteiger partial charge in [-0.15, -0.1) is 11.3 Å². The number of aliphatic hydroxyl groups is 1. The van der Waals surface area contributed by atoms with E-state index in [4.69, 9.17) is 4.74 Å². The van der Waals surface area contributed by atoms with Crippen LogP contribution in [0.2, 0.25) is 0 Å². The molecule has 2 aromatic heterocycles. The van der Waals surface area contributed by atoms with Crippen molar-refractivity contribution in [3.05, 3.63) is 80.6 Å². The summed E-state index contributed by atoms with van der Waals surface area (Å²) in [5, 5.41) is 16.7. The highest BCUT2D eigenvalue weighted by Crippen LogP contribution is 2.31. The number of aromatic amines is 1. The molecule has 3 heterocycles. The predicted octanol–water partition coefficient (Wildman–Crippen LogP) is 2.90. The maximum absolute atomic E-state index is 12.4. The van der Waals surface area contributed by atoms with Gasteiger partial charge in [0.2, 0.25) is 0 Å². The molecule has 1 aliphatic heterocycles. The van der Waals surface area contributed by atoms with Gasteiger partial charge in [0, 0.05) is 36.0 Å². The largest absolute Gasteiger partial charge is 0.390 e. The van der Waals surface area contributed by atoms with Gasteiger partial charge in [-0.1, -0.05) is 6.07 Å². The van der Waals surface area contributed by atoms with E-state index >= 15 is 0 Å². The lowest BCUT2D eigenvalue weighted by Crippen LogP contribution is -2.39. The maximum atomic E-state index is 12.4. The Bertz CT molecular complexity index is 1540. The first kappa shape index (κ1) is 23.9. The van der Waals surface area contributed by atoms with Gasteiger partial charge in [0.25, 0.3) is 5.56 Å². The monoisotopic (exact) mass is 507 g/mol. The van der Waals surface area contributed by atoms with Crippen LogP contribution in [0.15, 0.2) is 58.3 Å². The number of nitrogens with zero attached hydrogens (tertiary/aromatic N) is 2. The number of hydrogen-bond donors (Lipinski definition) is 4. The van der Waals surface area contributed by atoms with Crippen LogP contribution in [0.4, 0.5) is 10.5 Å². The van der Waals surface area contributed by atoms with Gasteiger partial charge in [-0.25, -0.2) is 14.6 Å². The van der Waals surface area contributed by atoms with E-state index < -0.39 is 35.7 Å². The molecule has 1 fully saturated rings. The van der Waals surface area contributed by atoms with Gasteiger partial charge in [0.1, 0.15) is 17.3 Å². The quantitative estimate of drug-likeness (QED) is 0.328. The highest BCUT2D eigenvalue weighted by Gasteiger charge is 2.35. The van der Waals surface area contributed by atoms with Crippen molar-refractivity contribution in [3.8, 4) is 10.6 Å². The van der Waals surface area contributed by atoms with Crippen molar-refractivity contribution in [3.63, 3.8) is 0 Å². The van der Waals surface area contributed by atoms with Crippen molar-refractivity contribution in [1.29, 1.82) is 0 Å². The zero-order chi connectivity index (χ0) is 25.4. The SMILES string of the molecule is Cc1ccc2nc(-c3ccc(NC(=O)NC[C@H]4O[C@H](n5cc(C)c(=O)[nH]c5=O)C[C@@H]4O)cc3)sc2c1. The van der Waals surface area contributed by atoms with E-state index in [0.717, 1.165) is 20.8 Å². The van der Waals surface area contributed by atoms with Gasteiger partial charge in [-0.2, -0.15) is 0 Å². The highest BCUT2D eigenvalue weighted by atomic mass is 32.1. The lowest BCUT2D eigenvalue weighted by atomic mass is 10.2. The van der Waals surface area contributed by atoms with E-state index in [1.54, 1.807) is 30.4 Å². The number of H-pyrrole nitrogens is 1. The van der Waals surface area contributed by atoms with Crippen LogP contribution in [0, 0.1) is 13.8 Å². The minimum Gasteiger partial charge on any atom is -0.390 e. The van der Waals surface area contributed by atoms with Gasteiger partial charge in [-0.3, -0.25) is 14.3 Å². The first-order valence-electron chi connectivity index (χ1n) is 11.4. The first-order chi connectivity index (χ1) is 17.3. The molecule has 0 bridgehead atoms. The number of anilines is 1. The fourth-order valence-corrected chi connectivity index (χ4v) is 5.16. The molecule has 2 amide bonds. The Morgan fingerprint density at radius 1 is 1.22 bits per heavy atom. The molecular weight excluding hydrogens is 482 g/mol. The average molecular weight is 508 g/mol. The van der Waals surface area contributed by atoms with E-state index in [2.05, 4.69) is 33.6 Å². The van der Waals surface area contributed by atoms with Crippen LogP contribution in [0.25, 0.3) is 20.8 Å². The fraction of sp³-hybridized carbons (Fsp3) is 0.280. The number of nitrogens with one attached hydrogen (secondary N) is 3. The van der Waals surface area contributed by atoms with Crippen molar-refractivity contribution in [1.82, 2.24) is 19.9 Å². The molecule has 0 saturated carbocycles. The summed E-state index contributed by atoms with van der Waals surface area (Å²) >= 11 is 1.62. The number of thiazole rings is 1. The molecule has 1 saturated heterocycles. The summed E-state index contributed by atoms with van der Waals surface area (Å²) in [5.41, 5.74) is 3.00. The van der Waals surface area contributed by atoms with Crippen LogP contribution in [0.3, 0.4) is 0 Å². The van der Waals surface area contributed by atoms with E-state index in [-0.39, 0.29) is 13.0 Å². The van der Waals surface area contributed by atoms with E-state index in [1.807, 2.05) is 24.3 Å². The van der Waals surface area contributed by atoms with Crippen molar-refractivity contribution in [2.75, 3.05) is 11.9 Å². The van der Waals surface area contributed by atoms with Gasteiger partial charge in [-0.05, 0) is 55.8 Å². The molecule has 186 valence electrons. The zero-order valence-electron chi connectivity index (χ0n) is 19.6. The topological polar surface area (TPSA) is 138 Å². The van der Waals surface area contributed by atoms with Gasteiger partial charge >= 0.3 is 11.7 Å². The van der Waals surface area contributed by atoms with Crippen LogP contribution >= 0.6 is 11.3 Å². The molecule has 11 heteroatoms. The van der Waals surface area contributed by atoms with Crippen LogP contribution in [0.1, 0.15) is 23.8 Å². The number of fused-ring (bicyclic) bond motifs is 1. The maximum Gasteiger partial charge on any atom is 0.330 e. The van der Waals surface area contributed by atoms with Crippen LogP contribution in [-0.4, -0.2) is 44.4 Å². The summed E-state index contributed by atoms with van der Waals surface area (Å²) in [4.78, 5) is 43.0. The predicted molar refractivity (Wildman–Crippen MR) is 137 cm³/mol. The molecule has 5 rings (SSSR count). The highest BCUT2D eigenvalue weighted by molar-refractivity contribution is 7.21. The summed E-state index contributed by atoms with van der Waals surface area (Å²) in [7, 11) is 0. The molecule has 0 spiro atoms. The summed E-state index contributed by atoms with van der Waals surface area (Å²) in [6.07, 6.45) is -0.764. The molecule has 3 atom stereocenters. The Morgan fingerprint density at radius 2 is 2.00 bits per heavy atom. The van der Waals surface area contributed by atoms with Gasteiger partial charge in [0.05, 0.1) is 16.3 Å². The Morgan fingerprint density at radius 3 is 2.78 bits per heavy atom. The van der Waals surface area contributed by atoms with Crippen molar-refractivity contribution in [2.45, 2.75) is 38.7 Å². The molecule has 2 aromatic carbocycles. The lowest BCUT2D eigenvalue weighted by molar-refractivity contribution is -0.0178. The first-order valence-corrected chi connectivity index (χ1v) is 12.3. The fourth-order valence-electron chi connectivity index (χ4n) is 4.09. The van der Waals surface area contributed by atoms with E-state index in [9.17, 15) is 19.5 Å². The molecule has 0 radical (unpaired) electrons. The second-order valence-corrected chi connectivity index (χ2v) is 9.84. The number of hydrogen-bond acceptors (Lipinski definition) is 7. The minimum atomic E-state index is -0.883. The zero-order valence-corrected chi connectivity index (χ0v) is 20.5. The normalized spacial score (nSPS) is 19.5. The van der Waals surface area contributed by atoms with Crippen molar-refractivity contribution in [2.24, 2.45) is 0 Å². The van der Waals surface area contributed by atoms with Crippen LogP contribution < -0.4 is 21.9 Å². The number of benzene rings is 2. The number of ether oxygens (including phenoxy) is 1. The average Bonchev–Trinajstić information content (AvgIpc) is 3.43. The Labute approximate surface area is 209 Å². The molecule has 4 N–H and O–H groups in total. The number of amides is 2. The molecule has 36 heavy (non-hydrogen) atoms. The molecule has 4 aromatic rings. The minimum absolute atomic E-state index is 0.0454. The third-order valence-corrected chi connectivity index (χ3v) is 7.12. The van der Waals surface area contributed by atoms with Gasteiger partial charge in [0.15, 0.2) is 0 Å². The lowest BCUT2D eigenvalue weighted by Gasteiger charge is -2.17. The van der Waals surface area contributed by atoms with E-state index in [1.165, 1.54) is 16.3 Å². The van der Waals surface area contributed by atoms with Crippen LogP contribution in [0.5, 0.6) is 0 Å². The third-order valence-electron chi connectivity index (χ3n) is 6.06. The Kier molecular flexibility index (Phi) is 6.44. The number of carbonyl (C=O) groups excluding carboxylic acids is 1. The number of rotatable bonds is 5. The number of carbonyl (C=O) groups is 1. The third kappa shape index (κ3) is 4.94. The molecule has 10 nitrogen and oxygen atoms in total. The van der Waals surface area contributed by atoms with Crippen molar-refractivity contribution >= 4 is 33.3 Å². The smallest absolute Gasteiger partial charge is 0.330 e. The second-order valence-electron chi connectivity index (χ2n) is 8.81. The van der Waals surface area contributed by atoms with E-state index in [0.29, 0.717) is 11.3 Å². The Hall–Kier alpha value is -3.80. The number of aryl methyl sites for hydroxylation is 2.